The Bertz CT molecular complexity index is 661. The Morgan fingerprint density at radius 3 is 2.46 bits per heavy atom. The summed E-state index contributed by atoms with van der Waals surface area (Å²) in [6, 6.07) is 5.94. The van der Waals surface area contributed by atoms with Crippen molar-refractivity contribution in [2.24, 2.45) is 5.41 Å². The van der Waals surface area contributed by atoms with E-state index in [0.717, 1.165) is 75.3 Å². The summed E-state index contributed by atoms with van der Waals surface area (Å²) in [5, 5.41) is 19.4. The second-order valence-corrected chi connectivity index (χ2v) is 8.82. The molecular formula is C23H34O5. The number of rotatable bonds is 14. The Balaban J connectivity index is 1.66. The molecule has 1 aromatic carbocycles. The van der Waals surface area contributed by atoms with Gasteiger partial charge < -0.3 is 14.9 Å². The zero-order valence-corrected chi connectivity index (χ0v) is 17.2. The molecule has 0 atom stereocenters. The fourth-order valence-corrected chi connectivity index (χ4v) is 3.59. The molecule has 0 spiro atoms. The molecule has 0 aromatic heterocycles. The van der Waals surface area contributed by atoms with Crippen LogP contribution in [0.3, 0.4) is 0 Å². The molecule has 2 N–H and O–H groups in total. The number of benzene rings is 1. The molecule has 1 fully saturated rings. The third-order valence-electron chi connectivity index (χ3n) is 5.93. The number of unbranched alkanes of at least 4 members (excludes halogenated alkanes) is 3. The first-order valence-electron chi connectivity index (χ1n) is 10.4. The van der Waals surface area contributed by atoms with E-state index in [1.54, 1.807) is 13.8 Å². The average Bonchev–Trinajstić information content (AvgIpc) is 3.40. The lowest BCUT2D eigenvalue weighted by Gasteiger charge is -2.18. The van der Waals surface area contributed by atoms with Crippen LogP contribution in [0.2, 0.25) is 0 Å². The number of aromatic hydroxyl groups is 1. The molecule has 156 valence electrons. The van der Waals surface area contributed by atoms with E-state index in [9.17, 15) is 14.7 Å². The Kier molecular flexibility index (Phi) is 7.90. The van der Waals surface area contributed by atoms with Crippen LogP contribution in [-0.2, 0) is 27.2 Å². The van der Waals surface area contributed by atoms with Gasteiger partial charge in [0.05, 0.1) is 5.41 Å². The summed E-state index contributed by atoms with van der Waals surface area (Å²) >= 11 is 0. The highest BCUT2D eigenvalue weighted by atomic mass is 16.5. The predicted molar refractivity (Wildman–Crippen MR) is 108 cm³/mol. The van der Waals surface area contributed by atoms with Gasteiger partial charge in [-0.05, 0) is 88.8 Å². The number of hydrogen-bond acceptors (Lipinski definition) is 4. The molecule has 1 aliphatic rings. The molecule has 1 saturated carbocycles. The van der Waals surface area contributed by atoms with Gasteiger partial charge in [-0.3, -0.25) is 9.59 Å². The van der Waals surface area contributed by atoms with Crippen LogP contribution in [-0.4, -0.2) is 28.3 Å². The van der Waals surface area contributed by atoms with Crippen LogP contribution in [0.5, 0.6) is 5.75 Å². The van der Waals surface area contributed by atoms with Crippen LogP contribution in [0, 0.1) is 5.41 Å². The molecule has 0 unspecified atom stereocenters. The largest absolute Gasteiger partial charge is 0.508 e. The molecule has 0 amide bonds. The number of ether oxygens (including phenoxy) is 1. The first-order chi connectivity index (χ1) is 13.3. The summed E-state index contributed by atoms with van der Waals surface area (Å²) in [6.45, 7) is 4.09. The predicted octanol–water partition coefficient (Wildman–Crippen LogP) is 5.02. The molecule has 0 bridgehead atoms. The van der Waals surface area contributed by atoms with Crippen molar-refractivity contribution in [1.29, 1.82) is 0 Å². The van der Waals surface area contributed by atoms with E-state index in [0.29, 0.717) is 18.6 Å². The smallest absolute Gasteiger partial charge is 0.309 e. The average molecular weight is 391 g/mol. The van der Waals surface area contributed by atoms with Crippen molar-refractivity contribution in [3.05, 3.63) is 29.3 Å². The van der Waals surface area contributed by atoms with Crippen molar-refractivity contribution in [3.8, 4) is 5.75 Å². The molecule has 28 heavy (non-hydrogen) atoms. The molecule has 2 rings (SSSR count). The highest BCUT2D eigenvalue weighted by molar-refractivity contribution is 5.73. The van der Waals surface area contributed by atoms with Gasteiger partial charge >= 0.3 is 5.97 Å². The maximum Gasteiger partial charge on any atom is 0.309 e. The Morgan fingerprint density at radius 2 is 1.86 bits per heavy atom. The number of phenolic OH excluding ortho intramolecular Hbond substituents is 1. The van der Waals surface area contributed by atoms with Gasteiger partial charge in [0.1, 0.15) is 11.4 Å². The second kappa shape index (κ2) is 9.94. The number of carboxylic acid groups (broad SMARTS) is 1. The van der Waals surface area contributed by atoms with Gasteiger partial charge in [0, 0.05) is 0 Å². The first-order valence-corrected chi connectivity index (χ1v) is 10.4. The summed E-state index contributed by atoms with van der Waals surface area (Å²) < 4.78 is 5.16. The minimum Gasteiger partial charge on any atom is -0.508 e. The van der Waals surface area contributed by atoms with Crippen molar-refractivity contribution in [1.82, 2.24) is 0 Å². The van der Waals surface area contributed by atoms with Crippen LogP contribution in [0.15, 0.2) is 18.2 Å². The van der Waals surface area contributed by atoms with Crippen molar-refractivity contribution >= 4 is 12.4 Å². The summed E-state index contributed by atoms with van der Waals surface area (Å²) in [5.74, 6) is -0.393. The van der Waals surface area contributed by atoms with Gasteiger partial charge in [-0.25, -0.2) is 0 Å². The molecule has 0 radical (unpaired) electrons. The summed E-state index contributed by atoms with van der Waals surface area (Å²) in [7, 11) is 0. The quantitative estimate of drug-likeness (QED) is 0.344. The fraction of sp³-hybridized carbons (Fsp3) is 0.652. The van der Waals surface area contributed by atoms with E-state index in [2.05, 4.69) is 6.07 Å². The number of phenols is 1. The fourth-order valence-electron chi connectivity index (χ4n) is 3.59. The van der Waals surface area contributed by atoms with E-state index in [1.807, 2.05) is 12.1 Å². The van der Waals surface area contributed by atoms with Crippen molar-refractivity contribution in [2.45, 2.75) is 90.1 Å². The summed E-state index contributed by atoms with van der Waals surface area (Å²) in [4.78, 5) is 21.6. The number of hydrogen-bond donors (Lipinski definition) is 2. The van der Waals surface area contributed by atoms with Crippen LogP contribution in [0.4, 0.5) is 0 Å². The van der Waals surface area contributed by atoms with Gasteiger partial charge in [-0.15, -0.1) is 0 Å². The third kappa shape index (κ3) is 6.84. The van der Waals surface area contributed by atoms with Crippen molar-refractivity contribution in [2.75, 3.05) is 0 Å². The molecular weight excluding hydrogens is 356 g/mol. The van der Waals surface area contributed by atoms with Gasteiger partial charge in [0.25, 0.3) is 6.47 Å². The standard InChI is InChI=1S/C23H34O5/c1-22(2,21(26)27)12-6-3-4-9-19-11-10-18(16-20(19)25)8-5-7-13-23(14-15-23)28-17-24/h10-11,16-17,25H,3-9,12-15H2,1-2H3,(H,26,27). The third-order valence-corrected chi connectivity index (χ3v) is 5.93. The van der Waals surface area contributed by atoms with Crippen LogP contribution in [0.25, 0.3) is 0 Å². The molecule has 1 aromatic rings. The number of carbonyl (C=O) groups is 2. The number of aryl methyl sites for hydroxylation is 2. The normalized spacial score (nSPS) is 15.2. The van der Waals surface area contributed by atoms with Crippen molar-refractivity contribution < 1.29 is 24.5 Å². The highest BCUT2D eigenvalue weighted by Crippen LogP contribution is 2.43. The maximum absolute atomic E-state index is 11.1. The minimum absolute atomic E-state index is 0.173. The lowest BCUT2D eigenvalue weighted by Crippen LogP contribution is -2.23. The zero-order chi connectivity index (χ0) is 20.6. The Hall–Kier alpha value is -2.04. The molecule has 5 heteroatoms. The van der Waals surface area contributed by atoms with Crippen LogP contribution >= 0.6 is 0 Å². The summed E-state index contributed by atoms with van der Waals surface area (Å²) in [6.07, 6.45) is 10.1. The van der Waals surface area contributed by atoms with E-state index < -0.39 is 11.4 Å². The zero-order valence-electron chi connectivity index (χ0n) is 17.2. The number of carbonyl (C=O) groups excluding carboxylic acids is 1. The first kappa shape index (κ1) is 22.3. The monoisotopic (exact) mass is 390 g/mol. The SMILES string of the molecule is CC(C)(CCCCCc1ccc(CCCCC2(OC=O)CC2)cc1O)C(=O)O. The van der Waals surface area contributed by atoms with Gasteiger partial charge in [0.15, 0.2) is 0 Å². The van der Waals surface area contributed by atoms with Gasteiger partial charge in [-0.1, -0.05) is 25.0 Å². The highest BCUT2D eigenvalue weighted by Gasteiger charge is 2.44. The number of carboxylic acids is 1. The van der Waals surface area contributed by atoms with Crippen molar-refractivity contribution in [3.63, 3.8) is 0 Å². The van der Waals surface area contributed by atoms with E-state index in [4.69, 9.17) is 9.84 Å². The van der Waals surface area contributed by atoms with Crippen LogP contribution < -0.4 is 0 Å². The lowest BCUT2D eigenvalue weighted by atomic mass is 9.87. The minimum atomic E-state index is -0.746. The topological polar surface area (TPSA) is 83.8 Å². The molecule has 1 aliphatic carbocycles. The Morgan fingerprint density at radius 1 is 1.14 bits per heavy atom. The lowest BCUT2D eigenvalue weighted by molar-refractivity contribution is -0.147. The van der Waals surface area contributed by atoms with E-state index >= 15 is 0 Å². The number of aliphatic carboxylic acids is 1. The van der Waals surface area contributed by atoms with Gasteiger partial charge in [-0.2, -0.15) is 0 Å². The molecule has 5 nitrogen and oxygen atoms in total. The van der Waals surface area contributed by atoms with E-state index in [-0.39, 0.29) is 5.60 Å². The van der Waals surface area contributed by atoms with Gasteiger partial charge in [0.2, 0.25) is 0 Å². The Labute approximate surface area is 168 Å². The maximum atomic E-state index is 11.1. The van der Waals surface area contributed by atoms with Crippen LogP contribution in [0.1, 0.15) is 82.8 Å². The molecule has 0 saturated heterocycles. The molecule has 0 aliphatic heterocycles. The second-order valence-electron chi connectivity index (χ2n) is 8.82. The summed E-state index contributed by atoms with van der Waals surface area (Å²) in [5.41, 5.74) is 1.25. The van der Waals surface area contributed by atoms with E-state index in [1.165, 1.54) is 0 Å². The molecule has 0 heterocycles.